The van der Waals surface area contributed by atoms with Crippen LogP contribution >= 0.6 is 0 Å². The van der Waals surface area contributed by atoms with Crippen LogP contribution in [-0.2, 0) is 17.8 Å². The Labute approximate surface area is 170 Å². The van der Waals surface area contributed by atoms with Gasteiger partial charge in [-0.15, -0.1) is 0 Å². The van der Waals surface area contributed by atoms with Crippen molar-refractivity contribution < 1.29 is 23.5 Å². The van der Waals surface area contributed by atoms with Gasteiger partial charge in [0.2, 0.25) is 0 Å². The molecule has 1 atom stereocenters. The quantitative estimate of drug-likeness (QED) is 0.674. The summed E-state index contributed by atoms with van der Waals surface area (Å²) in [5, 5.41) is 11.8. The molecule has 1 aromatic heterocycles. The molecule has 4 rings (SSSR count). The van der Waals surface area contributed by atoms with Crippen molar-refractivity contribution in [2.75, 3.05) is 0 Å². The summed E-state index contributed by atoms with van der Waals surface area (Å²) in [5.41, 5.74) is 2.12. The molecule has 6 nitrogen and oxygen atoms in total. The number of rotatable bonds is 5. The third kappa shape index (κ3) is 3.52. The van der Waals surface area contributed by atoms with Crippen molar-refractivity contribution in [2.45, 2.75) is 25.8 Å². The van der Waals surface area contributed by atoms with Crippen molar-refractivity contribution in [3.05, 3.63) is 82.2 Å². The molecule has 0 fully saturated rings. The van der Waals surface area contributed by atoms with Crippen LogP contribution in [-0.4, -0.2) is 27.0 Å². The summed E-state index contributed by atoms with van der Waals surface area (Å²) < 4.78 is 28.5. The number of halogens is 2. The lowest BCUT2D eigenvalue weighted by atomic mass is 9.98. The number of benzene rings is 2. The molecule has 2 N–H and O–H groups in total. The van der Waals surface area contributed by atoms with Crippen molar-refractivity contribution in [3.63, 3.8) is 0 Å². The average Bonchev–Trinajstić information content (AvgIpc) is 3.09. The number of aliphatic carboxylic acids is 1. The zero-order valence-electron chi connectivity index (χ0n) is 15.9. The molecule has 0 spiro atoms. The van der Waals surface area contributed by atoms with Crippen molar-refractivity contribution in [1.29, 1.82) is 0 Å². The fourth-order valence-corrected chi connectivity index (χ4v) is 3.41. The number of aromatic nitrogens is 2. The van der Waals surface area contributed by atoms with Gasteiger partial charge in [-0.1, -0.05) is 30.3 Å². The predicted molar refractivity (Wildman–Crippen MR) is 104 cm³/mol. The van der Waals surface area contributed by atoms with Crippen LogP contribution in [0.25, 0.3) is 11.4 Å². The van der Waals surface area contributed by atoms with Crippen molar-refractivity contribution in [1.82, 2.24) is 15.3 Å². The standard InChI is InChI=1S/C22H17F2N3O3/c1-11(22(29)30)13-7-5-12(6-8-13)9-16-19-17(10-25-21(19)28)27-20(26-16)18-14(23)3-2-4-15(18)24/h2-8,11H,9-10H2,1H3,(H,25,28)(H,29,30)/t11-/m1/s1. The summed E-state index contributed by atoms with van der Waals surface area (Å²) in [5.74, 6) is -3.60. The molecule has 0 aliphatic carbocycles. The Hall–Kier alpha value is -3.68. The first kappa shape index (κ1) is 19.6. The van der Waals surface area contributed by atoms with E-state index in [1.54, 1.807) is 31.2 Å². The lowest BCUT2D eigenvalue weighted by molar-refractivity contribution is -0.138. The topological polar surface area (TPSA) is 92.2 Å². The van der Waals surface area contributed by atoms with E-state index in [1.165, 1.54) is 6.07 Å². The fourth-order valence-electron chi connectivity index (χ4n) is 3.41. The third-order valence-electron chi connectivity index (χ3n) is 5.11. The minimum Gasteiger partial charge on any atom is -0.481 e. The zero-order chi connectivity index (χ0) is 21.4. The second kappa shape index (κ2) is 7.62. The Morgan fingerprint density at radius 1 is 1.10 bits per heavy atom. The molecule has 3 aromatic rings. The van der Waals surface area contributed by atoms with Gasteiger partial charge in [0.15, 0.2) is 5.82 Å². The van der Waals surface area contributed by atoms with Gasteiger partial charge in [-0.05, 0) is 30.2 Å². The average molecular weight is 409 g/mol. The third-order valence-corrected chi connectivity index (χ3v) is 5.11. The minimum absolute atomic E-state index is 0.119. The van der Waals surface area contributed by atoms with Crippen molar-refractivity contribution in [2.24, 2.45) is 0 Å². The number of carboxylic acid groups (broad SMARTS) is 1. The largest absolute Gasteiger partial charge is 0.481 e. The molecule has 0 unspecified atom stereocenters. The maximum Gasteiger partial charge on any atom is 0.310 e. The lowest BCUT2D eigenvalue weighted by Crippen LogP contribution is -2.15. The number of nitrogens with one attached hydrogen (secondary N) is 1. The maximum absolute atomic E-state index is 14.3. The maximum atomic E-state index is 14.3. The van der Waals surface area contributed by atoms with Crippen LogP contribution in [0.3, 0.4) is 0 Å². The normalized spacial score (nSPS) is 13.6. The van der Waals surface area contributed by atoms with Crippen LogP contribution in [0, 0.1) is 11.6 Å². The SMILES string of the molecule is C[C@@H](C(=O)O)c1ccc(Cc2nc(-c3c(F)cccc3F)nc3c2C(=O)NC3)cc1. The highest BCUT2D eigenvalue weighted by Gasteiger charge is 2.28. The Morgan fingerprint density at radius 2 is 1.77 bits per heavy atom. The molecular weight excluding hydrogens is 392 g/mol. The van der Waals surface area contributed by atoms with E-state index >= 15 is 0 Å². The molecule has 1 amide bonds. The molecule has 2 heterocycles. The van der Waals surface area contributed by atoms with Gasteiger partial charge < -0.3 is 10.4 Å². The zero-order valence-corrected chi connectivity index (χ0v) is 15.9. The van der Waals surface area contributed by atoms with E-state index in [-0.39, 0.29) is 30.3 Å². The molecule has 0 radical (unpaired) electrons. The number of nitrogens with zero attached hydrogens (tertiary/aromatic N) is 2. The molecule has 30 heavy (non-hydrogen) atoms. The molecular formula is C22H17F2N3O3. The van der Waals surface area contributed by atoms with Gasteiger partial charge in [0.25, 0.3) is 5.91 Å². The second-order valence-electron chi connectivity index (χ2n) is 7.07. The van der Waals surface area contributed by atoms with Gasteiger partial charge >= 0.3 is 5.97 Å². The minimum atomic E-state index is -0.926. The van der Waals surface area contributed by atoms with Crippen LogP contribution in [0.1, 0.15) is 45.7 Å². The molecule has 0 bridgehead atoms. The number of hydrogen-bond donors (Lipinski definition) is 2. The molecule has 1 aliphatic rings. The Morgan fingerprint density at radius 3 is 2.40 bits per heavy atom. The van der Waals surface area contributed by atoms with E-state index in [1.807, 2.05) is 0 Å². The van der Waals surface area contributed by atoms with E-state index in [0.717, 1.165) is 17.7 Å². The van der Waals surface area contributed by atoms with Gasteiger partial charge in [0, 0.05) is 6.42 Å². The van der Waals surface area contributed by atoms with E-state index in [0.29, 0.717) is 22.5 Å². The first-order chi connectivity index (χ1) is 14.3. The molecule has 152 valence electrons. The number of carbonyl (C=O) groups is 2. The van der Waals surface area contributed by atoms with Gasteiger partial charge in [0.05, 0.1) is 35.0 Å². The van der Waals surface area contributed by atoms with Gasteiger partial charge in [-0.2, -0.15) is 0 Å². The summed E-state index contributed by atoms with van der Waals surface area (Å²) >= 11 is 0. The van der Waals surface area contributed by atoms with E-state index in [9.17, 15) is 18.4 Å². The van der Waals surface area contributed by atoms with E-state index in [2.05, 4.69) is 15.3 Å². The number of fused-ring (bicyclic) bond motifs is 1. The van der Waals surface area contributed by atoms with Crippen LogP contribution in [0.15, 0.2) is 42.5 Å². The van der Waals surface area contributed by atoms with E-state index in [4.69, 9.17) is 5.11 Å². The molecule has 0 saturated heterocycles. The van der Waals surface area contributed by atoms with Crippen molar-refractivity contribution in [3.8, 4) is 11.4 Å². The smallest absolute Gasteiger partial charge is 0.310 e. The number of hydrogen-bond acceptors (Lipinski definition) is 4. The molecule has 2 aromatic carbocycles. The molecule has 0 saturated carbocycles. The first-order valence-corrected chi connectivity index (χ1v) is 9.29. The van der Waals surface area contributed by atoms with Gasteiger partial charge in [0.1, 0.15) is 11.6 Å². The molecule has 8 heteroatoms. The number of carbonyl (C=O) groups excluding carboxylic acids is 1. The summed E-state index contributed by atoms with van der Waals surface area (Å²) in [6, 6.07) is 10.4. The second-order valence-corrected chi connectivity index (χ2v) is 7.07. The van der Waals surface area contributed by atoms with Crippen molar-refractivity contribution >= 4 is 11.9 Å². The fraction of sp³-hybridized carbons (Fsp3) is 0.182. The highest BCUT2D eigenvalue weighted by Crippen LogP contribution is 2.28. The summed E-state index contributed by atoms with van der Waals surface area (Å²) in [4.78, 5) is 32.0. The number of carboxylic acids is 1. The van der Waals surface area contributed by atoms with Crippen LogP contribution < -0.4 is 5.32 Å². The summed E-state index contributed by atoms with van der Waals surface area (Å²) in [7, 11) is 0. The Kier molecular flexibility index (Phi) is 4.99. The molecule has 1 aliphatic heterocycles. The highest BCUT2D eigenvalue weighted by atomic mass is 19.1. The van der Waals surface area contributed by atoms with E-state index < -0.39 is 23.5 Å². The predicted octanol–water partition coefficient (Wildman–Crippen LogP) is 3.44. The summed E-state index contributed by atoms with van der Waals surface area (Å²) in [6.07, 6.45) is 0.225. The number of amides is 1. The van der Waals surface area contributed by atoms with Gasteiger partial charge in [-0.25, -0.2) is 18.7 Å². The lowest BCUT2D eigenvalue weighted by Gasteiger charge is -2.11. The first-order valence-electron chi connectivity index (χ1n) is 9.29. The highest BCUT2D eigenvalue weighted by molar-refractivity contribution is 5.99. The van der Waals surface area contributed by atoms with Crippen LogP contribution in [0.5, 0.6) is 0 Å². The monoisotopic (exact) mass is 409 g/mol. The van der Waals surface area contributed by atoms with Crippen LogP contribution in [0.4, 0.5) is 8.78 Å². The Bertz CT molecular complexity index is 1140. The van der Waals surface area contributed by atoms with Crippen LogP contribution in [0.2, 0.25) is 0 Å². The van der Waals surface area contributed by atoms with Gasteiger partial charge in [-0.3, -0.25) is 9.59 Å². The summed E-state index contributed by atoms with van der Waals surface area (Å²) in [6.45, 7) is 1.75. The Balaban J connectivity index is 1.75.